The predicted octanol–water partition coefficient (Wildman–Crippen LogP) is 1.63. The molecule has 1 saturated carbocycles. The second-order valence-corrected chi connectivity index (χ2v) is 8.37. The fourth-order valence-corrected chi connectivity index (χ4v) is 5.55. The first kappa shape index (κ1) is 17.0. The summed E-state index contributed by atoms with van der Waals surface area (Å²) in [6, 6.07) is 13.8. The number of aryl methyl sites for hydroxylation is 1. The minimum absolute atomic E-state index is 0.234. The summed E-state index contributed by atoms with van der Waals surface area (Å²) in [5.74, 6) is 0.240. The number of aliphatic hydroxyl groups excluding tert-OH is 1. The molecule has 24 heavy (non-hydrogen) atoms. The fourth-order valence-electron chi connectivity index (χ4n) is 3.25. The molecule has 0 aliphatic heterocycles. The van der Waals surface area contributed by atoms with Crippen LogP contribution in [-0.2, 0) is 9.84 Å². The smallest absolute Gasteiger partial charge is 0.183 e. The molecule has 6 heteroatoms. The van der Waals surface area contributed by atoms with E-state index in [1.807, 2.05) is 6.92 Å². The third kappa shape index (κ3) is 2.60. The van der Waals surface area contributed by atoms with E-state index >= 15 is 0 Å². The van der Waals surface area contributed by atoms with Gasteiger partial charge in [-0.15, -0.1) is 0 Å². The molecule has 3 N–H and O–H groups in total. The van der Waals surface area contributed by atoms with E-state index in [1.54, 1.807) is 55.6 Å². The molecule has 0 saturated heterocycles. The Morgan fingerprint density at radius 2 is 1.71 bits per heavy atom. The van der Waals surface area contributed by atoms with Gasteiger partial charge in [0, 0.05) is 5.92 Å². The van der Waals surface area contributed by atoms with Gasteiger partial charge in [-0.1, -0.05) is 29.8 Å². The van der Waals surface area contributed by atoms with Crippen LogP contribution in [0.4, 0.5) is 0 Å². The van der Waals surface area contributed by atoms with Crippen LogP contribution >= 0.6 is 0 Å². The Kier molecular flexibility index (Phi) is 4.15. The minimum atomic E-state index is -3.63. The van der Waals surface area contributed by atoms with Crippen molar-refractivity contribution in [2.45, 2.75) is 28.5 Å². The zero-order chi connectivity index (χ0) is 17.5. The lowest BCUT2D eigenvalue weighted by molar-refractivity contribution is 0.253. The van der Waals surface area contributed by atoms with Crippen molar-refractivity contribution in [3.05, 3.63) is 59.7 Å². The molecular formula is C18H21NO4S. The molecule has 3 atom stereocenters. The molecule has 0 heterocycles. The number of hydrogen-bond donors (Lipinski definition) is 2. The van der Waals surface area contributed by atoms with Crippen molar-refractivity contribution in [1.29, 1.82) is 0 Å². The van der Waals surface area contributed by atoms with Crippen LogP contribution in [0.15, 0.2) is 53.4 Å². The molecule has 2 aromatic carbocycles. The molecule has 3 rings (SSSR count). The zero-order valence-corrected chi connectivity index (χ0v) is 14.5. The van der Waals surface area contributed by atoms with E-state index in [4.69, 9.17) is 10.5 Å². The van der Waals surface area contributed by atoms with Crippen molar-refractivity contribution in [1.82, 2.24) is 0 Å². The van der Waals surface area contributed by atoms with Crippen LogP contribution < -0.4 is 10.5 Å². The Labute approximate surface area is 142 Å². The maximum absolute atomic E-state index is 13.0. The lowest BCUT2D eigenvalue weighted by Gasteiger charge is -2.08. The fraction of sp³-hybridized carbons (Fsp3) is 0.333. The van der Waals surface area contributed by atoms with Crippen molar-refractivity contribution in [2.24, 2.45) is 5.73 Å². The predicted molar refractivity (Wildman–Crippen MR) is 91.9 cm³/mol. The Balaban J connectivity index is 1.98. The second kappa shape index (κ2) is 5.88. The van der Waals surface area contributed by atoms with Gasteiger partial charge in [0.1, 0.15) is 5.75 Å². The topological polar surface area (TPSA) is 89.6 Å². The third-order valence-electron chi connectivity index (χ3n) is 4.73. The molecular weight excluding hydrogens is 326 g/mol. The third-order valence-corrected chi connectivity index (χ3v) is 7.04. The Morgan fingerprint density at radius 1 is 1.12 bits per heavy atom. The van der Waals surface area contributed by atoms with Gasteiger partial charge < -0.3 is 15.6 Å². The first-order chi connectivity index (χ1) is 11.3. The summed E-state index contributed by atoms with van der Waals surface area (Å²) in [6.07, 6.45) is 0. The largest absolute Gasteiger partial charge is 0.497 e. The Morgan fingerprint density at radius 3 is 2.21 bits per heavy atom. The summed E-state index contributed by atoms with van der Waals surface area (Å²) in [5, 5.41) is 8.87. The summed E-state index contributed by atoms with van der Waals surface area (Å²) in [5.41, 5.74) is 6.83. The number of sulfone groups is 1. The highest BCUT2D eigenvalue weighted by atomic mass is 32.2. The monoisotopic (exact) mass is 347 g/mol. The van der Waals surface area contributed by atoms with Gasteiger partial charge in [-0.25, -0.2) is 8.42 Å². The van der Waals surface area contributed by atoms with Gasteiger partial charge in [0.25, 0.3) is 0 Å². The summed E-state index contributed by atoms with van der Waals surface area (Å²) in [6.45, 7) is 1.51. The molecule has 5 nitrogen and oxygen atoms in total. The lowest BCUT2D eigenvalue weighted by atomic mass is 10.1. The summed E-state index contributed by atoms with van der Waals surface area (Å²) < 4.78 is 31.1. The van der Waals surface area contributed by atoms with Crippen LogP contribution in [0.3, 0.4) is 0 Å². The maximum atomic E-state index is 13.0. The molecule has 0 radical (unpaired) electrons. The van der Waals surface area contributed by atoms with E-state index in [0.717, 1.165) is 11.1 Å². The molecule has 0 unspecified atom stereocenters. The van der Waals surface area contributed by atoms with E-state index in [9.17, 15) is 13.5 Å². The number of nitrogens with two attached hydrogens (primary N) is 1. The van der Waals surface area contributed by atoms with Crippen LogP contribution in [0.5, 0.6) is 5.75 Å². The van der Waals surface area contributed by atoms with Gasteiger partial charge in [0.05, 0.1) is 29.4 Å². The average molecular weight is 347 g/mol. The molecule has 2 aromatic rings. The van der Waals surface area contributed by atoms with E-state index in [-0.39, 0.29) is 11.5 Å². The number of methoxy groups -OCH3 is 1. The maximum Gasteiger partial charge on any atom is 0.183 e. The summed E-state index contributed by atoms with van der Waals surface area (Å²) in [4.78, 5) is 0.234. The standard InChI is InChI=1S/C18H21NO4S/c1-12-3-9-15(10-4-12)24(21,22)17-16(18(17,19)11-20)13-5-7-14(23-2)8-6-13/h3-10,16-17,20H,11,19H2,1-2H3/t16-,17-,18-/m1/s1. The van der Waals surface area contributed by atoms with E-state index in [1.165, 1.54) is 0 Å². The van der Waals surface area contributed by atoms with Crippen LogP contribution in [0.25, 0.3) is 0 Å². The number of benzene rings is 2. The summed E-state index contributed by atoms with van der Waals surface area (Å²) in [7, 11) is -2.06. The molecule has 0 spiro atoms. The Hall–Kier alpha value is -1.89. The van der Waals surface area contributed by atoms with Gasteiger partial charge in [-0.2, -0.15) is 0 Å². The SMILES string of the molecule is COc1ccc([C@@H]2[C@@H](S(=O)(=O)c3ccc(C)cc3)[C@@]2(N)CO)cc1. The summed E-state index contributed by atoms with van der Waals surface area (Å²) >= 11 is 0. The van der Waals surface area contributed by atoms with E-state index in [2.05, 4.69) is 0 Å². The van der Waals surface area contributed by atoms with E-state index in [0.29, 0.717) is 5.75 Å². The van der Waals surface area contributed by atoms with Gasteiger partial charge in [-0.05, 0) is 36.8 Å². The Bertz CT molecular complexity index is 830. The molecule has 0 aromatic heterocycles. The number of aliphatic hydroxyl groups is 1. The van der Waals surface area contributed by atoms with Gasteiger partial charge >= 0.3 is 0 Å². The van der Waals surface area contributed by atoms with Crippen molar-refractivity contribution in [3.63, 3.8) is 0 Å². The van der Waals surface area contributed by atoms with Gasteiger partial charge in [0.2, 0.25) is 0 Å². The molecule has 1 aliphatic carbocycles. The van der Waals surface area contributed by atoms with Gasteiger partial charge in [-0.3, -0.25) is 0 Å². The van der Waals surface area contributed by atoms with E-state index < -0.39 is 26.5 Å². The van der Waals surface area contributed by atoms with Crippen molar-refractivity contribution in [2.75, 3.05) is 13.7 Å². The van der Waals surface area contributed by atoms with Crippen LogP contribution in [0.2, 0.25) is 0 Å². The molecule has 1 fully saturated rings. The molecule has 0 amide bonds. The average Bonchev–Trinajstić information content (AvgIpc) is 3.23. The normalized spacial score (nSPS) is 26.2. The van der Waals surface area contributed by atoms with Crippen LogP contribution in [-0.4, -0.2) is 38.0 Å². The molecule has 128 valence electrons. The van der Waals surface area contributed by atoms with Gasteiger partial charge in [0.15, 0.2) is 9.84 Å². The zero-order valence-electron chi connectivity index (χ0n) is 13.6. The van der Waals surface area contributed by atoms with Crippen molar-refractivity contribution < 1.29 is 18.3 Å². The number of hydrogen-bond acceptors (Lipinski definition) is 5. The number of ether oxygens (including phenoxy) is 1. The minimum Gasteiger partial charge on any atom is -0.497 e. The highest BCUT2D eigenvalue weighted by Crippen LogP contribution is 2.55. The van der Waals surface area contributed by atoms with Crippen LogP contribution in [0.1, 0.15) is 17.0 Å². The molecule has 0 bridgehead atoms. The lowest BCUT2D eigenvalue weighted by Crippen LogP contribution is -2.35. The van der Waals surface area contributed by atoms with Crippen molar-refractivity contribution in [3.8, 4) is 5.75 Å². The molecule has 1 aliphatic rings. The quantitative estimate of drug-likeness (QED) is 0.858. The first-order valence-corrected chi connectivity index (χ1v) is 9.23. The highest BCUT2D eigenvalue weighted by Gasteiger charge is 2.69. The second-order valence-electron chi connectivity index (χ2n) is 6.30. The first-order valence-electron chi connectivity index (χ1n) is 7.69. The van der Waals surface area contributed by atoms with Crippen molar-refractivity contribution >= 4 is 9.84 Å². The highest BCUT2D eigenvalue weighted by molar-refractivity contribution is 7.92. The van der Waals surface area contributed by atoms with Crippen LogP contribution in [0, 0.1) is 6.92 Å². The number of rotatable bonds is 5.